The van der Waals surface area contributed by atoms with Crippen molar-refractivity contribution in [2.45, 2.75) is 62.8 Å². The first-order valence-electron chi connectivity index (χ1n) is 18.1. The van der Waals surface area contributed by atoms with E-state index in [1.807, 2.05) is 30.3 Å². The zero-order valence-electron chi connectivity index (χ0n) is 28.4. The number of hydrogen-bond acceptors (Lipinski definition) is 6. The third-order valence-electron chi connectivity index (χ3n) is 11.2. The number of nitrogens with one attached hydrogen (secondary N) is 1. The Balaban J connectivity index is 1.24. The molecule has 50 heavy (non-hydrogen) atoms. The zero-order chi connectivity index (χ0) is 34.3. The number of ether oxygens (including phenoxy) is 1. The molecule has 3 aliphatic heterocycles. The van der Waals surface area contributed by atoms with Gasteiger partial charge in [0.25, 0.3) is 5.91 Å². The van der Waals surface area contributed by atoms with E-state index in [-0.39, 0.29) is 5.91 Å². The number of carbonyl (C=O) groups excluding carboxylic acids is 1. The number of pyridine rings is 1. The topological polar surface area (TPSA) is 60.9 Å². The number of alkyl halides is 3. The number of morpholine rings is 1. The van der Waals surface area contributed by atoms with Crippen molar-refractivity contribution < 1.29 is 22.7 Å². The van der Waals surface area contributed by atoms with Crippen LogP contribution >= 0.6 is 0 Å². The van der Waals surface area contributed by atoms with Gasteiger partial charge in [0.2, 0.25) is 0 Å². The summed E-state index contributed by atoms with van der Waals surface area (Å²) in [6.07, 6.45) is 1.35. The van der Waals surface area contributed by atoms with Crippen LogP contribution in [0, 0.1) is 0 Å². The van der Waals surface area contributed by atoms with E-state index in [0.29, 0.717) is 40.5 Å². The molecule has 1 amide bonds. The van der Waals surface area contributed by atoms with Crippen molar-refractivity contribution in [3.05, 3.63) is 95.1 Å². The first-order valence-corrected chi connectivity index (χ1v) is 18.1. The lowest BCUT2D eigenvalue weighted by molar-refractivity contribution is -0.137. The molecule has 0 spiro atoms. The molecule has 0 bridgehead atoms. The van der Waals surface area contributed by atoms with Crippen LogP contribution in [0.1, 0.15) is 65.6 Å². The van der Waals surface area contributed by atoms with Crippen LogP contribution in [0.25, 0.3) is 22.2 Å². The molecule has 4 aromatic rings. The zero-order valence-corrected chi connectivity index (χ0v) is 28.4. The monoisotopic (exact) mass is 683 g/mol. The van der Waals surface area contributed by atoms with Crippen LogP contribution in [0.15, 0.2) is 72.8 Å². The van der Waals surface area contributed by atoms with Gasteiger partial charge in [0.15, 0.2) is 0 Å². The molecule has 1 N–H and O–H groups in total. The summed E-state index contributed by atoms with van der Waals surface area (Å²) in [5.74, 6) is -0.205. The molecular weight excluding hydrogens is 639 g/mol. The summed E-state index contributed by atoms with van der Waals surface area (Å²) in [6.45, 7) is 7.35. The molecule has 4 aliphatic rings. The molecule has 0 atom stereocenters. The molecule has 10 heteroatoms. The van der Waals surface area contributed by atoms with Gasteiger partial charge in [-0.3, -0.25) is 14.6 Å². The van der Waals surface area contributed by atoms with Gasteiger partial charge in [-0.05, 0) is 87.5 Å². The van der Waals surface area contributed by atoms with E-state index in [9.17, 15) is 18.0 Å². The Bertz CT molecular complexity index is 1840. The molecule has 3 saturated heterocycles. The van der Waals surface area contributed by atoms with Crippen LogP contribution in [0.3, 0.4) is 0 Å². The van der Waals surface area contributed by atoms with Crippen molar-refractivity contribution in [1.82, 2.24) is 20.1 Å². The maximum atomic E-state index is 14.9. The predicted molar refractivity (Wildman–Crippen MR) is 189 cm³/mol. The summed E-state index contributed by atoms with van der Waals surface area (Å²) in [6, 6.07) is 22.0. The number of amides is 1. The highest BCUT2D eigenvalue weighted by atomic mass is 19.4. The van der Waals surface area contributed by atoms with Crippen molar-refractivity contribution in [2.75, 3.05) is 57.4 Å². The first kappa shape index (κ1) is 33.2. The normalized spacial score (nSPS) is 20.3. The number of aromatic nitrogens is 1. The summed E-state index contributed by atoms with van der Waals surface area (Å²) >= 11 is 0. The predicted octanol–water partition coefficient (Wildman–Crippen LogP) is 7.24. The van der Waals surface area contributed by atoms with E-state index in [1.54, 1.807) is 6.07 Å². The minimum Gasteiger partial charge on any atom is -0.379 e. The largest absolute Gasteiger partial charge is 0.416 e. The summed E-state index contributed by atoms with van der Waals surface area (Å²) in [5.41, 5.74) is 3.50. The number of nitrogens with zero attached hydrogens (tertiary/aromatic N) is 4. The van der Waals surface area contributed by atoms with E-state index in [1.165, 1.54) is 12.1 Å². The molecule has 1 saturated carbocycles. The number of benzene rings is 3. The molecule has 4 heterocycles. The summed E-state index contributed by atoms with van der Waals surface area (Å²) in [7, 11) is 0. The van der Waals surface area contributed by atoms with Gasteiger partial charge in [-0.1, -0.05) is 42.5 Å². The second-order valence-electron chi connectivity index (χ2n) is 14.3. The average molecular weight is 684 g/mol. The Hall–Kier alpha value is -3.99. The van der Waals surface area contributed by atoms with E-state index in [2.05, 4.69) is 38.2 Å². The highest BCUT2D eigenvalue weighted by molar-refractivity contribution is 6.10. The second kappa shape index (κ2) is 13.6. The number of anilines is 1. The molecule has 7 nitrogen and oxygen atoms in total. The molecule has 0 radical (unpaired) electrons. The van der Waals surface area contributed by atoms with Crippen LogP contribution in [-0.4, -0.2) is 79.2 Å². The van der Waals surface area contributed by atoms with Crippen molar-refractivity contribution in [3.63, 3.8) is 0 Å². The van der Waals surface area contributed by atoms with Gasteiger partial charge in [-0.2, -0.15) is 13.2 Å². The molecule has 0 unspecified atom stereocenters. The Labute approximate surface area is 291 Å². The quantitative estimate of drug-likeness (QED) is 0.212. The van der Waals surface area contributed by atoms with E-state index in [4.69, 9.17) is 9.72 Å². The van der Waals surface area contributed by atoms with Gasteiger partial charge in [0, 0.05) is 61.0 Å². The Morgan fingerprint density at radius 3 is 2.32 bits per heavy atom. The number of piperidine rings is 1. The lowest BCUT2D eigenvalue weighted by atomic mass is 9.93. The van der Waals surface area contributed by atoms with Crippen molar-refractivity contribution in [2.24, 2.45) is 0 Å². The Kier molecular flexibility index (Phi) is 9.03. The van der Waals surface area contributed by atoms with Crippen LogP contribution in [0.2, 0.25) is 0 Å². The standard InChI is InChI=1S/C40H44F3N5O2/c41-40(42,43)30-10-6-7-28(25-30)37-34(27-46-19-13-31(14-20-46)48-21-23-50-24-22-48)36(38(49)45-39(15-16-39)29-8-2-1-3-9-29)33-26-32(11-12-35(33)44-37)47-17-4-5-18-47/h1-3,6-12,25-26,31H,4-5,13-24,27H2,(H,45,49). The minimum absolute atomic E-state index is 0.205. The Morgan fingerprint density at radius 2 is 1.62 bits per heavy atom. The fraction of sp³-hybridized carbons (Fsp3) is 0.450. The lowest BCUT2D eigenvalue weighted by Gasteiger charge is -2.40. The number of likely N-dealkylation sites (tertiary alicyclic amines) is 1. The van der Waals surface area contributed by atoms with E-state index < -0.39 is 17.3 Å². The highest BCUT2D eigenvalue weighted by Gasteiger charge is 2.46. The van der Waals surface area contributed by atoms with Crippen LogP contribution in [-0.2, 0) is 23.0 Å². The molecule has 3 aromatic carbocycles. The fourth-order valence-electron chi connectivity index (χ4n) is 8.21. The van der Waals surface area contributed by atoms with Gasteiger partial charge in [0.1, 0.15) is 0 Å². The second-order valence-corrected chi connectivity index (χ2v) is 14.3. The summed E-state index contributed by atoms with van der Waals surface area (Å²) in [4.78, 5) is 27.2. The molecule has 8 rings (SSSR count). The maximum Gasteiger partial charge on any atom is 0.416 e. The fourth-order valence-corrected chi connectivity index (χ4v) is 8.21. The minimum atomic E-state index is -4.51. The molecule has 1 aromatic heterocycles. The number of rotatable bonds is 8. The first-order chi connectivity index (χ1) is 24.3. The number of fused-ring (bicyclic) bond motifs is 1. The highest BCUT2D eigenvalue weighted by Crippen LogP contribution is 2.46. The van der Waals surface area contributed by atoms with Gasteiger partial charge in [-0.25, -0.2) is 4.98 Å². The SMILES string of the molecule is O=C(NC1(c2ccccc2)CC1)c1c(CN2CCC(N3CCOCC3)CC2)c(-c2cccc(C(F)(F)F)c2)nc2ccc(N3CCCC3)cc12. The van der Waals surface area contributed by atoms with Gasteiger partial charge >= 0.3 is 6.18 Å². The summed E-state index contributed by atoms with van der Waals surface area (Å²) in [5, 5.41) is 4.17. The molecular formula is C40H44F3N5O2. The van der Waals surface area contributed by atoms with Crippen LogP contribution < -0.4 is 10.2 Å². The molecule has 262 valence electrons. The van der Waals surface area contributed by atoms with Gasteiger partial charge in [-0.15, -0.1) is 0 Å². The van der Waals surface area contributed by atoms with E-state index >= 15 is 0 Å². The van der Waals surface area contributed by atoms with Crippen LogP contribution in [0.5, 0.6) is 0 Å². The molecule has 4 fully saturated rings. The smallest absolute Gasteiger partial charge is 0.379 e. The molecule has 1 aliphatic carbocycles. The third kappa shape index (κ3) is 6.73. The number of carbonyl (C=O) groups is 1. The van der Waals surface area contributed by atoms with Crippen molar-refractivity contribution in [3.8, 4) is 11.3 Å². The van der Waals surface area contributed by atoms with Crippen LogP contribution in [0.4, 0.5) is 18.9 Å². The lowest BCUT2D eigenvalue weighted by Crippen LogP contribution is -2.48. The van der Waals surface area contributed by atoms with Gasteiger partial charge < -0.3 is 15.0 Å². The van der Waals surface area contributed by atoms with Crippen molar-refractivity contribution >= 4 is 22.5 Å². The van der Waals surface area contributed by atoms with E-state index in [0.717, 1.165) is 114 Å². The average Bonchev–Trinajstić information content (AvgIpc) is 3.71. The van der Waals surface area contributed by atoms with Gasteiger partial charge in [0.05, 0.1) is 41.1 Å². The number of hydrogen-bond donors (Lipinski definition) is 1. The Morgan fingerprint density at radius 1 is 0.880 bits per heavy atom. The van der Waals surface area contributed by atoms with Crippen molar-refractivity contribution in [1.29, 1.82) is 0 Å². The maximum absolute atomic E-state index is 14.9. The third-order valence-corrected chi connectivity index (χ3v) is 11.2. The summed E-state index contributed by atoms with van der Waals surface area (Å²) < 4.78 is 47.7. The number of halogens is 3.